The number of nitrogens with one attached hydrogen (secondary N) is 2. The van der Waals surface area contributed by atoms with Gasteiger partial charge < -0.3 is 20.0 Å². The number of hydrogen-bond acceptors (Lipinski definition) is 9. The summed E-state index contributed by atoms with van der Waals surface area (Å²) < 4.78 is 41.2. The summed E-state index contributed by atoms with van der Waals surface area (Å²) in [5.74, 6) is 1.78. The minimum atomic E-state index is -4.25. The first kappa shape index (κ1) is 39.9. The average molecular weight is 725 g/mol. The van der Waals surface area contributed by atoms with Gasteiger partial charge in [0.2, 0.25) is 0 Å². The molecule has 276 valence electrons. The van der Waals surface area contributed by atoms with Gasteiger partial charge in [-0.2, -0.15) is 18.4 Å². The number of thiophene rings is 1. The summed E-state index contributed by atoms with van der Waals surface area (Å²) in [6.45, 7) is 17.7. The van der Waals surface area contributed by atoms with E-state index in [1.807, 2.05) is 20.9 Å². The molecule has 0 amide bonds. The molecule has 51 heavy (non-hydrogen) atoms. The Morgan fingerprint density at radius 2 is 1.73 bits per heavy atom. The quantitative estimate of drug-likeness (QED) is 0.174. The Kier molecular flexibility index (Phi) is 14.2. The summed E-state index contributed by atoms with van der Waals surface area (Å²) >= 11 is 1.09. The lowest BCUT2D eigenvalue weighted by Crippen LogP contribution is -2.41. The number of piperidine rings is 2. The van der Waals surface area contributed by atoms with Crippen molar-refractivity contribution in [2.45, 2.75) is 84.2 Å². The monoisotopic (exact) mass is 724 g/mol. The first-order valence-electron chi connectivity index (χ1n) is 17.5. The molecule has 2 aliphatic heterocycles. The molecular weight excluding hydrogens is 674 g/mol. The number of nitrogens with zero attached hydrogens (tertiary/aromatic N) is 6. The van der Waals surface area contributed by atoms with E-state index in [1.54, 1.807) is 13.0 Å². The van der Waals surface area contributed by atoms with E-state index in [9.17, 15) is 18.4 Å². The van der Waals surface area contributed by atoms with Crippen molar-refractivity contribution in [2.75, 3.05) is 45.6 Å². The van der Waals surface area contributed by atoms with Gasteiger partial charge in [-0.3, -0.25) is 9.80 Å². The number of halogens is 3. The number of allylic oxidation sites excluding steroid dienone is 1. The number of carbonyl (C=O) groups is 1. The predicted octanol–water partition coefficient (Wildman–Crippen LogP) is 7.25. The van der Waals surface area contributed by atoms with Crippen LogP contribution in [-0.2, 0) is 24.3 Å². The second kappa shape index (κ2) is 18.1. The molecule has 5 heterocycles. The van der Waals surface area contributed by atoms with Crippen molar-refractivity contribution in [2.24, 2.45) is 5.92 Å². The van der Waals surface area contributed by atoms with Gasteiger partial charge in [0.15, 0.2) is 0 Å². The Labute approximate surface area is 303 Å². The molecule has 3 aromatic heterocycles. The molecule has 0 bridgehead atoms. The van der Waals surface area contributed by atoms with E-state index in [2.05, 4.69) is 85.7 Å². The van der Waals surface area contributed by atoms with Crippen LogP contribution in [-0.4, -0.2) is 89.7 Å². The molecule has 2 aliphatic rings. The molecule has 4 aromatic rings. The van der Waals surface area contributed by atoms with Crippen LogP contribution < -0.4 is 10.6 Å². The van der Waals surface area contributed by atoms with Crippen molar-refractivity contribution in [3.63, 3.8) is 0 Å². The molecule has 1 aromatic carbocycles. The van der Waals surface area contributed by atoms with Gasteiger partial charge in [-0.05, 0) is 109 Å². The SMILES string of the molecule is C=CC1CCN([C@@H](C)Cn2c(C#N)cc3c(C)c(CN4CCC(Nc5nc(C)nc6sc(CC(F)(F)F)cc56)CC4)ccc32)CC1.C=O.CNC. The first-order chi connectivity index (χ1) is 24.4. The number of nitriles is 1. The Hall–Kier alpha value is -3.83. The molecule has 0 unspecified atom stereocenters. The molecule has 9 nitrogen and oxygen atoms in total. The lowest BCUT2D eigenvalue weighted by Gasteiger charge is -2.35. The summed E-state index contributed by atoms with van der Waals surface area (Å²) in [7, 11) is 3.75. The van der Waals surface area contributed by atoms with Crippen LogP contribution in [0.1, 0.15) is 60.1 Å². The number of likely N-dealkylation sites (tertiary alicyclic amines) is 2. The van der Waals surface area contributed by atoms with Crippen LogP contribution in [0.3, 0.4) is 0 Å². The number of hydrogen-bond donors (Lipinski definition) is 2. The smallest absolute Gasteiger partial charge is 0.367 e. The molecule has 0 aliphatic carbocycles. The van der Waals surface area contributed by atoms with Crippen LogP contribution in [0.4, 0.5) is 19.0 Å². The highest BCUT2D eigenvalue weighted by Gasteiger charge is 2.30. The highest BCUT2D eigenvalue weighted by atomic mass is 32.1. The van der Waals surface area contributed by atoms with E-state index in [-0.39, 0.29) is 10.9 Å². The lowest BCUT2D eigenvalue weighted by molar-refractivity contribution is -0.126. The van der Waals surface area contributed by atoms with Gasteiger partial charge in [-0.1, -0.05) is 12.1 Å². The fourth-order valence-corrected chi connectivity index (χ4v) is 8.20. The number of benzene rings is 1. The van der Waals surface area contributed by atoms with Gasteiger partial charge in [0.25, 0.3) is 0 Å². The topological polar surface area (TPSA) is 102 Å². The normalized spacial score (nSPS) is 16.9. The zero-order valence-corrected chi connectivity index (χ0v) is 31.3. The third-order valence-corrected chi connectivity index (χ3v) is 10.8. The number of aryl methyl sites for hydroxylation is 2. The number of carbonyl (C=O) groups excluding carboxylic acids is 1. The zero-order valence-electron chi connectivity index (χ0n) is 30.4. The second-order valence-corrected chi connectivity index (χ2v) is 14.6. The highest BCUT2D eigenvalue weighted by molar-refractivity contribution is 7.18. The van der Waals surface area contributed by atoms with Gasteiger partial charge in [0, 0.05) is 54.0 Å². The molecular formula is C38H51F3N8OS. The maximum atomic E-state index is 13.0. The summed E-state index contributed by atoms with van der Waals surface area (Å²) in [6.07, 6.45) is 0.978. The molecule has 2 fully saturated rings. The average Bonchev–Trinajstić information content (AvgIpc) is 3.67. The molecule has 2 N–H and O–H groups in total. The van der Waals surface area contributed by atoms with Crippen molar-refractivity contribution in [1.29, 1.82) is 5.26 Å². The standard InChI is InChI=1S/C35H42F3N7S.C2H7N.CH2O/c1-5-25-8-14-44(15-9-25)22(2)20-45-28(19-39)16-30-23(3)26(6-7-32(30)45)21-43-12-10-27(11-13-43)42-33-31-17-29(18-35(36,37)38)46-34(31)41-24(4)40-33;1-3-2;1-2/h5-7,16-17,22,25,27H,1,8-15,18,20-21H2,2-4H3,(H,40,41,42);3H,1-2H3;1H2/t22-;;/m0../s1. The van der Waals surface area contributed by atoms with Crippen molar-refractivity contribution in [3.8, 4) is 6.07 Å². The van der Waals surface area contributed by atoms with Crippen molar-refractivity contribution >= 4 is 45.1 Å². The highest BCUT2D eigenvalue weighted by Crippen LogP contribution is 2.34. The van der Waals surface area contributed by atoms with Crippen molar-refractivity contribution < 1.29 is 18.0 Å². The van der Waals surface area contributed by atoms with Crippen molar-refractivity contribution in [3.05, 3.63) is 64.4 Å². The van der Waals surface area contributed by atoms with Gasteiger partial charge in [0.1, 0.15) is 35.0 Å². The zero-order chi connectivity index (χ0) is 37.3. The van der Waals surface area contributed by atoms with Gasteiger partial charge in [-0.15, -0.1) is 17.9 Å². The largest absolute Gasteiger partial charge is 0.393 e. The molecule has 0 saturated carbocycles. The summed E-state index contributed by atoms with van der Waals surface area (Å²) in [4.78, 5) is 22.8. The lowest BCUT2D eigenvalue weighted by atomic mass is 9.96. The minimum absolute atomic E-state index is 0.181. The number of alkyl halides is 3. The van der Waals surface area contributed by atoms with Gasteiger partial charge >= 0.3 is 6.18 Å². The molecule has 13 heteroatoms. The summed E-state index contributed by atoms with van der Waals surface area (Å²) in [5.41, 5.74) is 4.31. The summed E-state index contributed by atoms with van der Waals surface area (Å²) in [6, 6.07) is 11.0. The van der Waals surface area contributed by atoms with Crippen LogP contribution in [0, 0.1) is 31.1 Å². The van der Waals surface area contributed by atoms with Crippen molar-refractivity contribution in [1.82, 2.24) is 29.7 Å². The predicted molar refractivity (Wildman–Crippen MR) is 201 cm³/mol. The molecule has 6 rings (SSSR count). The number of fused-ring (bicyclic) bond motifs is 2. The number of rotatable bonds is 9. The summed E-state index contributed by atoms with van der Waals surface area (Å²) in [5, 5.41) is 18.1. The van der Waals surface area contributed by atoms with Crippen LogP contribution in [0.25, 0.3) is 21.1 Å². The Bertz CT molecular complexity index is 1800. The van der Waals surface area contributed by atoms with E-state index >= 15 is 0 Å². The first-order valence-corrected chi connectivity index (χ1v) is 18.3. The minimum Gasteiger partial charge on any atom is -0.367 e. The van der Waals surface area contributed by atoms with Gasteiger partial charge in [-0.25, -0.2) is 9.97 Å². The molecule has 2 saturated heterocycles. The van der Waals surface area contributed by atoms with Crippen LogP contribution in [0.2, 0.25) is 0 Å². The van der Waals surface area contributed by atoms with Crippen LogP contribution in [0.15, 0.2) is 36.9 Å². The molecule has 0 radical (unpaired) electrons. The van der Waals surface area contributed by atoms with Crippen LogP contribution in [0.5, 0.6) is 0 Å². The third kappa shape index (κ3) is 10.2. The van der Waals surface area contributed by atoms with Crippen LogP contribution >= 0.6 is 11.3 Å². The van der Waals surface area contributed by atoms with E-state index < -0.39 is 12.6 Å². The van der Waals surface area contributed by atoms with Gasteiger partial charge in [0.05, 0.1) is 11.8 Å². The maximum absolute atomic E-state index is 13.0. The fraction of sp³-hybridized carbons (Fsp3) is 0.526. The van der Waals surface area contributed by atoms with E-state index in [0.29, 0.717) is 39.5 Å². The Morgan fingerprint density at radius 1 is 1.06 bits per heavy atom. The Morgan fingerprint density at radius 3 is 2.33 bits per heavy atom. The Balaban J connectivity index is 0.00000111. The molecule has 1 atom stereocenters. The van der Waals surface area contributed by atoms with E-state index in [4.69, 9.17) is 4.79 Å². The number of anilines is 1. The second-order valence-electron chi connectivity index (χ2n) is 13.5. The molecule has 0 spiro atoms. The van der Waals surface area contributed by atoms with E-state index in [0.717, 1.165) is 87.2 Å². The maximum Gasteiger partial charge on any atom is 0.393 e. The third-order valence-electron chi connectivity index (χ3n) is 9.81. The number of aromatic nitrogens is 3. The van der Waals surface area contributed by atoms with E-state index in [1.165, 1.54) is 11.1 Å². The fourth-order valence-electron chi connectivity index (χ4n) is 7.10.